The van der Waals surface area contributed by atoms with E-state index in [1.54, 1.807) is 6.07 Å². The van der Waals surface area contributed by atoms with Crippen LogP contribution < -0.4 is 10.2 Å². The summed E-state index contributed by atoms with van der Waals surface area (Å²) in [6.07, 6.45) is -2.95. The first kappa shape index (κ1) is 25.2. The number of alkyl halides is 3. The molecule has 1 aliphatic heterocycles. The number of hydrogen-bond donors (Lipinski definition) is 1. The zero-order chi connectivity index (χ0) is 25.3. The molecule has 2 amide bonds. The summed E-state index contributed by atoms with van der Waals surface area (Å²) in [6.45, 7) is 1.83. The van der Waals surface area contributed by atoms with E-state index in [1.165, 1.54) is 47.3 Å². The van der Waals surface area contributed by atoms with Crippen molar-refractivity contribution in [1.82, 2.24) is 15.1 Å². The largest absolute Gasteiger partial charge is 0.409 e. The maximum atomic E-state index is 14.6. The van der Waals surface area contributed by atoms with Crippen LogP contribution in [0, 0.1) is 11.6 Å². The second-order valence-electron chi connectivity index (χ2n) is 8.29. The molecule has 0 fully saturated rings. The number of rotatable bonds is 5. The lowest BCUT2D eigenvalue weighted by molar-refractivity contribution is -0.149. The molecule has 0 spiro atoms. The molecule has 1 aromatic heterocycles. The van der Waals surface area contributed by atoms with E-state index in [9.17, 15) is 26.7 Å². The van der Waals surface area contributed by atoms with Crippen LogP contribution in [-0.2, 0) is 6.42 Å². The van der Waals surface area contributed by atoms with Crippen molar-refractivity contribution in [2.24, 2.45) is 0 Å². The Hall–Kier alpha value is -2.95. The highest BCUT2D eigenvalue weighted by Crippen LogP contribution is 2.39. The van der Waals surface area contributed by atoms with Crippen LogP contribution >= 0.6 is 15.9 Å². The van der Waals surface area contributed by atoms with E-state index >= 15 is 0 Å². The maximum absolute atomic E-state index is 14.6. The molecule has 0 aliphatic carbocycles. The van der Waals surface area contributed by atoms with Crippen LogP contribution in [0.3, 0.4) is 0 Å². The average molecular weight is 557 g/mol. The highest BCUT2D eigenvalue weighted by Gasteiger charge is 2.49. The monoisotopic (exact) mass is 556 g/mol. The van der Waals surface area contributed by atoms with Gasteiger partial charge in [0.1, 0.15) is 17.7 Å². The Bertz CT molecular complexity index is 1210. The van der Waals surface area contributed by atoms with Crippen LogP contribution in [0.25, 0.3) is 5.69 Å². The molecule has 35 heavy (non-hydrogen) atoms. The molecule has 5 nitrogen and oxygen atoms in total. The Morgan fingerprint density at radius 2 is 1.91 bits per heavy atom. The van der Waals surface area contributed by atoms with Gasteiger partial charge >= 0.3 is 12.2 Å². The molecule has 11 heteroatoms. The van der Waals surface area contributed by atoms with Crippen molar-refractivity contribution < 1.29 is 26.7 Å². The highest BCUT2D eigenvalue weighted by molar-refractivity contribution is 9.10. The van der Waals surface area contributed by atoms with E-state index in [-0.39, 0.29) is 24.1 Å². The molecule has 1 N–H and O–H groups in total. The van der Waals surface area contributed by atoms with Crippen LogP contribution in [0.4, 0.5) is 32.4 Å². The number of halogens is 6. The maximum Gasteiger partial charge on any atom is 0.409 e. The van der Waals surface area contributed by atoms with Gasteiger partial charge in [-0.15, -0.1) is 0 Å². The fraction of sp³-hybridized carbons (Fsp3) is 0.333. The average Bonchev–Trinajstić information content (AvgIpc) is 3.22. The van der Waals surface area contributed by atoms with Crippen LogP contribution in [0.1, 0.15) is 43.5 Å². The van der Waals surface area contributed by atoms with Gasteiger partial charge in [0.05, 0.1) is 29.3 Å². The highest BCUT2D eigenvalue weighted by atomic mass is 79.9. The third-order valence-corrected chi connectivity index (χ3v) is 6.45. The number of fused-ring (bicyclic) bond motifs is 1. The second-order valence-corrected chi connectivity index (χ2v) is 9.20. The Morgan fingerprint density at radius 3 is 2.54 bits per heavy atom. The molecule has 2 heterocycles. The number of benzene rings is 2. The number of nitrogens with zero attached hydrogens (tertiary/aromatic N) is 3. The molecule has 0 bridgehead atoms. The molecule has 0 saturated carbocycles. The number of carbonyl (C=O) groups excluding carboxylic acids is 1. The van der Waals surface area contributed by atoms with Gasteiger partial charge in [0.25, 0.3) is 0 Å². The van der Waals surface area contributed by atoms with Gasteiger partial charge in [0.15, 0.2) is 0 Å². The number of nitrogens with one attached hydrogen (secondary N) is 1. The van der Waals surface area contributed by atoms with Crippen LogP contribution in [0.5, 0.6) is 0 Å². The van der Waals surface area contributed by atoms with Crippen molar-refractivity contribution in [2.45, 2.75) is 50.9 Å². The van der Waals surface area contributed by atoms with Gasteiger partial charge in [-0.3, -0.25) is 4.90 Å². The van der Waals surface area contributed by atoms with Crippen molar-refractivity contribution in [2.75, 3.05) is 4.90 Å². The van der Waals surface area contributed by atoms with Crippen molar-refractivity contribution in [3.63, 3.8) is 0 Å². The molecule has 3 aromatic rings. The number of anilines is 1. The van der Waals surface area contributed by atoms with Crippen LogP contribution in [-0.4, -0.2) is 28.0 Å². The van der Waals surface area contributed by atoms with Crippen molar-refractivity contribution in [1.29, 1.82) is 0 Å². The minimum absolute atomic E-state index is 0.00641. The number of hydrogen-bond acceptors (Lipinski definition) is 2. The lowest BCUT2D eigenvalue weighted by Crippen LogP contribution is -2.55. The molecule has 2 unspecified atom stereocenters. The third-order valence-electron chi connectivity index (χ3n) is 5.95. The summed E-state index contributed by atoms with van der Waals surface area (Å²) in [5, 5.41) is 6.79. The number of amides is 2. The Morgan fingerprint density at radius 1 is 1.20 bits per heavy atom. The standard InChI is InChI=1S/C24H22BrF5N4O/c1-2-3-19(17-9-4-14(25)12-18(17)27)32-23(35)33-21-13-31-34(16-7-5-15(26)6-8-16)20(21)10-11-22(33)24(28,29)30/h4-9,12-13,19,22H,2-3,10-11H2,1H3,(H,32,35). The normalized spacial score (nSPS) is 16.7. The molecule has 1 aliphatic rings. The van der Waals surface area contributed by atoms with E-state index in [1.807, 2.05) is 6.92 Å². The summed E-state index contributed by atoms with van der Waals surface area (Å²) in [4.78, 5) is 14.0. The summed E-state index contributed by atoms with van der Waals surface area (Å²) in [6, 6.07) is 5.81. The molecule has 2 aromatic carbocycles. The molecular weight excluding hydrogens is 535 g/mol. The van der Waals surface area contributed by atoms with Gasteiger partial charge in [0.2, 0.25) is 0 Å². The predicted octanol–water partition coefficient (Wildman–Crippen LogP) is 6.85. The number of urea groups is 1. The van der Waals surface area contributed by atoms with Gasteiger partial charge in [-0.2, -0.15) is 18.3 Å². The Labute approximate surface area is 207 Å². The number of carbonyl (C=O) groups is 1. The summed E-state index contributed by atoms with van der Waals surface area (Å²) in [5.74, 6) is -1.04. The summed E-state index contributed by atoms with van der Waals surface area (Å²) in [7, 11) is 0. The lowest BCUT2D eigenvalue weighted by Gasteiger charge is -2.37. The lowest BCUT2D eigenvalue weighted by atomic mass is 9.99. The van der Waals surface area contributed by atoms with E-state index in [0.717, 1.165) is 0 Å². The van der Waals surface area contributed by atoms with Crippen molar-refractivity contribution in [3.8, 4) is 5.69 Å². The summed E-state index contributed by atoms with van der Waals surface area (Å²) < 4.78 is 71.8. The first-order valence-corrected chi connectivity index (χ1v) is 11.8. The first-order chi connectivity index (χ1) is 16.6. The predicted molar refractivity (Wildman–Crippen MR) is 124 cm³/mol. The first-order valence-electron chi connectivity index (χ1n) is 11.0. The van der Waals surface area contributed by atoms with Gasteiger partial charge in [-0.05, 0) is 55.7 Å². The van der Waals surface area contributed by atoms with E-state index in [2.05, 4.69) is 26.3 Å². The number of aromatic nitrogens is 2. The summed E-state index contributed by atoms with van der Waals surface area (Å²) in [5.41, 5.74) is 1.05. The third kappa shape index (κ3) is 5.19. The molecular formula is C24H22BrF5N4O. The zero-order valence-corrected chi connectivity index (χ0v) is 20.2. The van der Waals surface area contributed by atoms with Gasteiger partial charge in [0, 0.05) is 10.0 Å². The van der Waals surface area contributed by atoms with E-state index in [4.69, 9.17) is 0 Å². The van der Waals surface area contributed by atoms with Crippen LogP contribution in [0.15, 0.2) is 53.1 Å². The minimum atomic E-state index is -4.68. The molecule has 0 radical (unpaired) electrons. The SMILES string of the molecule is CCCC(NC(=O)N1c2cnn(-c3ccc(F)cc3)c2CCC1C(F)(F)F)c1ccc(Br)cc1F. The van der Waals surface area contributed by atoms with E-state index < -0.39 is 35.9 Å². The summed E-state index contributed by atoms with van der Waals surface area (Å²) >= 11 is 3.18. The molecule has 2 atom stereocenters. The molecule has 0 saturated heterocycles. The Kier molecular flexibility index (Phi) is 7.16. The fourth-order valence-corrected chi connectivity index (χ4v) is 4.67. The van der Waals surface area contributed by atoms with Crippen molar-refractivity contribution >= 4 is 27.6 Å². The van der Waals surface area contributed by atoms with Crippen LogP contribution in [0.2, 0.25) is 0 Å². The topological polar surface area (TPSA) is 50.2 Å². The fourth-order valence-electron chi connectivity index (χ4n) is 4.33. The zero-order valence-electron chi connectivity index (χ0n) is 18.6. The van der Waals surface area contributed by atoms with Gasteiger partial charge in [-0.25, -0.2) is 18.3 Å². The quantitative estimate of drug-likeness (QED) is 0.349. The smallest absolute Gasteiger partial charge is 0.331 e. The molecule has 4 rings (SSSR count). The Balaban J connectivity index is 1.71. The van der Waals surface area contributed by atoms with Gasteiger partial charge < -0.3 is 5.32 Å². The van der Waals surface area contributed by atoms with E-state index in [0.29, 0.717) is 33.6 Å². The molecule has 186 valence electrons. The van der Waals surface area contributed by atoms with Crippen molar-refractivity contribution in [3.05, 3.63) is 76.0 Å². The second kappa shape index (κ2) is 9.96. The van der Waals surface area contributed by atoms with Gasteiger partial charge in [-0.1, -0.05) is 35.3 Å². The minimum Gasteiger partial charge on any atom is -0.331 e.